The van der Waals surface area contributed by atoms with E-state index in [1.54, 1.807) is 35.0 Å². The maximum atomic E-state index is 13.9. The van der Waals surface area contributed by atoms with E-state index in [0.717, 1.165) is 16.0 Å². The first-order valence-electron chi connectivity index (χ1n) is 17.4. The minimum Gasteiger partial charge on any atom is -0.493 e. The SMILES string of the molecule is C=C1C[C@H]2C=Nc3cc(OCCCOc4cc5c(cc4OC)C(=O)N4CC(=C)C[C@H]4C(O)N5C(=O)OCC(C)SC(C)C)c(OC)cc3C(=O)N2C1. The molecule has 0 radical (unpaired) electrons. The highest BCUT2D eigenvalue weighted by atomic mass is 32.2. The summed E-state index contributed by atoms with van der Waals surface area (Å²) in [5, 5.41) is 12.0. The molecule has 4 atom stereocenters. The molecule has 4 aliphatic rings. The van der Waals surface area contributed by atoms with Gasteiger partial charge in [0, 0.05) is 43.1 Å². The number of fused-ring (bicyclic) bond motifs is 4. The highest BCUT2D eigenvalue weighted by Crippen LogP contribution is 2.42. The molecule has 2 unspecified atom stereocenters. The normalized spacial score (nSPS) is 21.3. The Hall–Kier alpha value is -4.69. The Bertz CT molecular complexity index is 1800. The molecule has 52 heavy (non-hydrogen) atoms. The molecule has 13 nitrogen and oxygen atoms in total. The molecule has 6 rings (SSSR count). The van der Waals surface area contributed by atoms with Gasteiger partial charge in [0.05, 0.1) is 62.0 Å². The molecular formula is C38H46N4O9S. The summed E-state index contributed by atoms with van der Waals surface area (Å²) in [6, 6.07) is 5.60. The van der Waals surface area contributed by atoms with Crippen molar-refractivity contribution in [2.45, 2.75) is 68.8 Å². The van der Waals surface area contributed by atoms with Gasteiger partial charge < -0.3 is 38.6 Å². The molecule has 278 valence electrons. The quantitative estimate of drug-likeness (QED) is 0.216. The van der Waals surface area contributed by atoms with E-state index >= 15 is 0 Å². The molecule has 0 aliphatic carbocycles. The fraction of sp³-hybridized carbons (Fsp3) is 0.474. The van der Waals surface area contributed by atoms with Gasteiger partial charge in [-0.15, -0.1) is 0 Å². The first kappa shape index (κ1) is 37.1. The van der Waals surface area contributed by atoms with Crippen molar-refractivity contribution in [3.8, 4) is 23.0 Å². The molecule has 3 amide bonds. The summed E-state index contributed by atoms with van der Waals surface area (Å²) < 4.78 is 29.1. The van der Waals surface area contributed by atoms with E-state index in [0.29, 0.717) is 53.8 Å². The zero-order valence-electron chi connectivity index (χ0n) is 30.3. The third kappa shape index (κ3) is 7.45. The smallest absolute Gasteiger partial charge is 0.416 e. The van der Waals surface area contributed by atoms with E-state index in [4.69, 9.17) is 23.7 Å². The largest absolute Gasteiger partial charge is 0.493 e. The fourth-order valence-corrected chi connectivity index (χ4v) is 8.05. The summed E-state index contributed by atoms with van der Waals surface area (Å²) in [7, 11) is 2.98. The predicted octanol–water partition coefficient (Wildman–Crippen LogP) is 5.61. The van der Waals surface area contributed by atoms with Crippen LogP contribution in [0.4, 0.5) is 16.2 Å². The van der Waals surface area contributed by atoms with Crippen LogP contribution in [0.2, 0.25) is 0 Å². The second-order valence-electron chi connectivity index (χ2n) is 13.6. The summed E-state index contributed by atoms with van der Waals surface area (Å²) in [5.41, 5.74) is 3.05. The number of ether oxygens (including phenoxy) is 5. The number of anilines is 1. The number of amides is 3. The van der Waals surface area contributed by atoms with Gasteiger partial charge in [-0.25, -0.2) is 9.69 Å². The zero-order valence-corrected chi connectivity index (χ0v) is 31.1. The number of thioether (sulfide) groups is 1. The lowest BCUT2D eigenvalue weighted by Crippen LogP contribution is -2.51. The molecule has 0 saturated carbocycles. The van der Waals surface area contributed by atoms with Crippen molar-refractivity contribution < 1.29 is 43.2 Å². The average molecular weight is 735 g/mol. The first-order chi connectivity index (χ1) is 24.9. The van der Waals surface area contributed by atoms with Crippen molar-refractivity contribution in [1.29, 1.82) is 0 Å². The number of aliphatic hydroxyl groups is 1. The van der Waals surface area contributed by atoms with Gasteiger partial charge in [-0.2, -0.15) is 11.8 Å². The third-order valence-electron chi connectivity index (χ3n) is 9.33. The van der Waals surface area contributed by atoms with Gasteiger partial charge in [-0.3, -0.25) is 14.6 Å². The summed E-state index contributed by atoms with van der Waals surface area (Å²) in [6.07, 6.45) is 1.08. The number of carbonyl (C=O) groups excluding carboxylic acids is 3. The van der Waals surface area contributed by atoms with Gasteiger partial charge in [0.2, 0.25) is 0 Å². The van der Waals surface area contributed by atoms with Crippen molar-refractivity contribution in [3.05, 3.63) is 59.7 Å². The topological polar surface area (TPSA) is 140 Å². The summed E-state index contributed by atoms with van der Waals surface area (Å²) in [6.45, 7) is 15.5. The number of methoxy groups -OCH3 is 2. The maximum Gasteiger partial charge on any atom is 0.416 e. The Balaban J connectivity index is 1.18. The number of carbonyl (C=O) groups is 3. The lowest BCUT2D eigenvalue weighted by Gasteiger charge is -2.31. The van der Waals surface area contributed by atoms with E-state index < -0.39 is 18.4 Å². The van der Waals surface area contributed by atoms with Crippen LogP contribution in [0, 0.1) is 0 Å². The monoisotopic (exact) mass is 734 g/mol. The van der Waals surface area contributed by atoms with Crippen molar-refractivity contribution in [2.24, 2.45) is 4.99 Å². The van der Waals surface area contributed by atoms with Gasteiger partial charge >= 0.3 is 6.09 Å². The van der Waals surface area contributed by atoms with E-state index in [1.807, 2.05) is 6.92 Å². The number of benzene rings is 2. The van der Waals surface area contributed by atoms with Crippen molar-refractivity contribution in [1.82, 2.24) is 9.80 Å². The number of hydrogen-bond acceptors (Lipinski definition) is 11. The Morgan fingerprint density at radius 1 is 0.904 bits per heavy atom. The molecule has 2 fully saturated rings. The molecule has 1 N–H and O–H groups in total. The number of hydrogen-bond donors (Lipinski definition) is 1. The molecule has 0 aromatic heterocycles. The standard InChI is InChI=1S/C38H46N4O9S/c1-21(2)52-24(5)20-51-38(46)42-29-16-34(32(48-7)14-27(29)36(44)41-19-23(4)12-30(41)37(42)45)50-10-8-9-49-33-15-28-26(13-31(33)47-6)35(43)40-18-22(3)11-25(40)17-39-28/h13-17,21,24-25,30,37,45H,3-4,8-12,18-20H2,1-2,5-7H3/t24?,25-,30-,37?/m0/s1. The highest BCUT2D eigenvalue weighted by molar-refractivity contribution is 8.00. The molecule has 0 bridgehead atoms. The number of aliphatic hydroxyl groups excluding tert-OH is 1. The van der Waals surface area contributed by atoms with Crippen molar-refractivity contribution in [3.63, 3.8) is 0 Å². The van der Waals surface area contributed by atoms with Gasteiger partial charge in [-0.05, 0) is 37.1 Å². The Morgan fingerprint density at radius 2 is 1.52 bits per heavy atom. The Kier molecular flexibility index (Phi) is 11.1. The van der Waals surface area contributed by atoms with Crippen LogP contribution in [0.5, 0.6) is 23.0 Å². The van der Waals surface area contributed by atoms with E-state index in [-0.39, 0.29) is 72.2 Å². The molecular weight excluding hydrogens is 689 g/mol. The molecule has 0 spiro atoms. The summed E-state index contributed by atoms with van der Waals surface area (Å²) >= 11 is 1.67. The van der Waals surface area contributed by atoms with Gasteiger partial charge in [0.15, 0.2) is 29.2 Å². The third-order valence-corrected chi connectivity index (χ3v) is 10.5. The van der Waals surface area contributed by atoms with E-state index in [9.17, 15) is 19.5 Å². The number of nitrogens with zero attached hydrogens (tertiary/aromatic N) is 4. The lowest BCUT2D eigenvalue weighted by molar-refractivity contribution is 0.0491. The lowest BCUT2D eigenvalue weighted by atomic mass is 10.1. The molecule has 4 aliphatic heterocycles. The summed E-state index contributed by atoms with van der Waals surface area (Å²) in [5.74, 6) is 0.911. The average Bonchev–Trinajstić information content (AvgIpc) is 3.65. The van der Waals surface area contributed by atoms with Crippen LogP contribution in [0.15, 0.2) is 53.6 Å². The maximum absolute atomic E-state index is 13.9. The highest BCUT2D eigenvalue weighted by Gasteiger charge is 2.46. The van der Waals surface area contributed by atoms with Gasteiger partial charge in [-0.1, -0.05) is 38.2 Å². The van der Waals surface area contributed by atoms with Crippen LogP contribution in [0.25, 0.3) is 0 Å². The fourth-order valence-electron chi connectivity index (χ4n) is 6.98. The summed E-state index contributed by atoms with van der Waals surface area (Å²) in [4.78, 5) is 49.9. The van der Waals surface area contributed by atoms with E-state index in [1.165, 1.54) is 31.3 Å². The Labute approximate surface area is 308 Å². The second-order valence-corrected chi connectivity index (χ2v) is 15.7. The van der Waals surface area contributed by atoms with Crippen LogP contribution >= 0.6 is 11.8 Å². The molecule has 2 aromatic rings. The predicted molar refractivity (Wildman–Crippen MR) is 199 cm³/mol. The number of rotatable bonds is 12. The minimum atomic E-state index is -1.38. The molecule has 2 aromatic carbocycles. The molecule has 14 heteroatoms. The van der Waals surface area contributed by atoms with Crippen LogP contribution in [0.1, 0.15) is 60.7 Å². The van der Waals surface area contributed by atoms with Crippen LogP contribution in [-0.2, 0) is 4.74 Å². The van der Waals surface area contributed by atoms with Crippen LogP contribution < -0.4 is 23.8 Å². The van der Waals surface area contributed by atoms with E-state index in [2.05, 4.69) is 32.0 Å². The molecule has 4 heterocycles. The zero-order chi connectivity index (χ0) is 37.3. The first-order valence-corrected chi connectivity index (χ1v) is 18.3. The second kappa shape index (κ2) is 15.5. The van der Waals surface area contributed by atoms with Gasteiger partial charge in [0.25, 0.3) is 11.8 Å². The number of aliphatic imine (C=N–C) groups is 1. The van der Waals surface area contributed by atoms with Crippen molar-refractivity contribution in [2.75, 3.05) is 52.0 Å². The van der Waals surface area contributed by atoms with Crippen LogP contribution in [-0.4, -0.2) is 115 Å². The van der Waals surface area contributed by atoms with Crippen molar-refractivity contribution >= 4 is 47.3 Å². The van der Waals surface area contributed by atoms with Crippen LogP contribution in [0.3, 0.4) is 0 Å². The Morgan fingerprint density at radius 3 is 2.19 bits per heavy atom. The van der Waals surface area contributed by atoms with Gasteiger partial charge in [0.1, 0.15) is 6.61 Å². The minimum absolute atomic E-state index is 0.0217. The molecule has 2 saturated heterocycles.